The summed E-state index contributed by atoms with van der Waals surface area (Å²) in [6.45, 7) is 0.927. The molecule has 30 heavy (non-hydrogen) atoms. The molecule has 1 saturated heterocycles. The molecule has 0 unspecified atom stereocenters. The van der Waals surface area contributed by atoms with Gasteiger partial charge < -0.3 is 19.3 Å². The van der Waals surface area contributed by atoms with Crippen LogP contribution in [0.1, 0.15) is 12.0 Å². The summed E-state index contributed by atoms with van der Waals surface area (Å²) in [5.41, 5.74) is 1.03. The minimum Gasteiger partial charge on any atom is -0.497 e. The fourth-order valence-electron chi connectivity index (χ4n) is 3.62. The van der Waals surface area contributed by atoms with Crippen LogP contribution in [0.15, 0.2) is 48.5 Å². The van der Waals surface area contributed by atoms with Crippen molar-refractivity contribution in [2.75, 3.05) is 38.9 Å². The van der Waals surface area contributed by atoms with E-state index in [-0.39, 0.29) is 24.2 Å². The summed E-state index contributed by atoms with van der Waals surface area (Å²) in [5.74, 6) is 2.22. The predicted octanol–water partition coefficient (Wildman–Crippen LogP) is 2.13. The zero-order valence-electron chi connectivity index (χ0n) is 17.4. The maximum atomic E-state index is 12.0. The highest BCUT2D eigenvalue weighted by Crippen LogP contribution is 2.26. The van der Waals surface area contributed by atoms with Crippen LogP contribution in [-0.4, -0.2) is 69.4 Å². The van der Waals surface area contributed by atoms with Crippen molar-refractivity contribution in [3.8, 4) is 17.2 Å². The molecule has 3 rings (SSSR count). The van der Waals surface area contributed by atoms with Crippen molar-refractivity contribution in [1.82, 2.24) is 4.90 Å². The Morgan fingerprint density at radius 2 is 1.77 bits per heavy atom. The van der Waals surface area contributed by atoms with E-state index >= 15 is 0 Å². The average molecular weight is 436 g/mol. The maximum Gasteiger partial charge on any atom is 0.161 e. The van der Waals surface area contributed by atoms with E-state index in [1.807, 2.05) is 41.3 Å². The number of aliphatic hydroxyl groups excluding tert-OH is 1. The van der Waals surface area contributed by atoms with Gasteiger partial charge in [-0.05, 0) is 36.2 Å². The van der Waals surface area contributed by atoms with Crippen LogP contribution in [0.2, 0.25) is 0 Å². The van der Waals surface area contributed by atoms with Gasteiger partial charge in [0.1, 0.15) is 18.5 Å². The lowest BCUT2D eigenvalue weighted by molar-refractivity contribution is 0.0517. The first kappa shape index (κ1) is 22.4. The van der Waals surface area contributed by atoms with Crippen molar-refractivity contribution in [1.29, 1.82) is 0 Å². The molecule has 0 bridgehead atoms. The van der Waals surface area contributed by atoms with Gasteiger partial charge in [0.15, 0.2) is 21.3 Å². The first-order chi connectivity index (χ1) is 14.4. The second-order valence-corrected chi connectivity index (χ2v) is 9.68. The van der Waals surface area contributed by atoms with E-state index in [0.717, 1.165) is 11.3 Å². The summed E-state index contributed by atoms with van der Waals surface area (Å²) >= 11 is 0. The SMILES string of the molecule is COc1ccc(CN(C[C@H](O)COc2ccccc2OC)[C@@H]2CCS(=O)(=O)C2)cc1. The van der Waals surface area contributed by atoms with Crippen LogP contribution in [0, 0.1) is 0 Å². The molecular weight excluding hydrogens is 406 g/mol. The topological polar surface area (TPSA) is 85.3 Å². The summed E-state index contributed by atoms with van der Waals surface area (Å²) in [6, 6.07) is 14.8. The summed E-state index contributed by atoms with van der Waals surface area (Å²) in [4.78, 5) is 2.03. The lowest BCUT2D eigenvalue weighted by Gasteiger charge is -2.30. The quantitative estimate of drug-likeness (QED) is 0.612. The summed E-state index contributed by atoms with van der Waals surface area (Å²) in [7, 11) is 0.145. The van der Waals surface area contributed by atoms with Gasteiger partial charge >= 0.3 is 0 Å². The lowest BCUT2D eigenvalue weighted by atomic mass is 10.1. The zero-order valence-corrected chi connectivity index (χ0v) is 18.2. The smallest absolute Gasteiger partial charge is 0.161 e. The van der Waals surface area contributed by atoms with Gasteiger partial charge in [0.2, 0.25) is 0 Å². The molecule has 1 aliphatic heterocycles. The number of ether oxygens (including phenoxy) is 3. The van der Waals surface area contributed by atoms with Gasteiger partial charge in [-0.2, -0.15) is 0 Å². The van der Waals surface area contributed by atoms with Crippen molar-refractivity contribution in [3.05, 3.63) is 54.1 Å². The average Bonchev–Trinajstić information content (AvgIpc) is 3.12. The van der Waals surface area contributed by atoms with Crippen molar-refractivity contribution >= 4 is 9.84 Å². The number of sulfone groups is 1. The third kappa shape index (κ3) is 6.10. The normalized spacial score (nSPS) is 18.9. The lowest BCUT2D eigenvalue weighted by Crippen LogP contribution is -2.42. The van der Waals surface area contributed by atoms with Crippen LogP contribution in [0.25, 0.3) is 0 Å². The predicted molar refractivity (Wildman–Crippen MR) is 115 cm³/mol. The maximum absolute atomic E-state index is 12.0. The Morgan fingerprint density at radius 1 is 1.07 bits per heavy atom. The van der Waals surface area contributed by atoms with E-state index in [2.05, 4.69) is 0 Å². The Bertz CT molecular complexity index is 915. The Morgan fingerprint density at radius 3 is 2.37 bits per heavy atom. The van der Waals surface area contributed by atoms with E-state index < -0.39 is 15.9 Å². The number of hydrogen-bond donors (Lipinski definition) is 1. The minimum absolute atomic E-state index is 0.0823. The molecule has 1 aliphatic rings. The van der Waals surface area contributed by atoms with E-state index in [0.29, 0.717) is 31.0 Å². The summed E-state index contributed by atoms with van der Waals surface area (Å²) in [5, 5.41) is 10.6. The van der Waals surface area contributed by atoms with E-state index in [1.54, 1.807) is 26.4 Å². The first-order valence-corrected chi connectivity index (χ1v) is 11.7. The molecule has 0 spiro atoms. The van der Waals surface area contributed by atoms with Crippen LogP contribution in [0.3, 0.4) is 0 Å². The van der Waals surface area contributed by atoms with Crippen molar-refractivity contribution in [2.45, 2.75) is 25.1 Å². The number of aliphatic hydroxyl groups is 1. The first-order valence-electron chi connectivity index (χ1n) is 9.91. The van der Waals surface area contributed by atoms with Crippen molar-refractivity contribution in [3.63, 3.8) is 0 Å². The Hall–Kier alpha value is -2.29. The Labute approximate surface area is 178 Å². The van der Waals surface area contributed by atoms with E-state index in [4.69, 9.17) is 14.2 Å². The number of hydrogen-bond acceptors (Lipinski definition) is 7. The number of para-hydroxylation sites is 2. The van der Waals surface area contributed by atoms with Crippen LogP contribution in [0.5, 0.6) is 17.2 Å². The molecule has 164 valence electrons. The van der Waals surface area contributed by atoms with Gasteiger partial charge in [0.05, 0.1) is 25.7 Å². The van der Waals surface area contributed by atoms with Gasteiger partial charge in [-0.1, -0.05) is 24.3 Å². The number of methoxy groups -OCH3 is 2. The molecule has 8 heteroatoms. The highest BCUT2D eigenvalue weighted by atomic mass is 32.2. The molecule has 0 radical (unpaired) electrons. The van der Waals surface area contributed by atoms with Crippen LogP contribution < -0.4 is 14.2 Å². The molecule has 2 atom stereocenters. The van der Waals surface area contributed by atoms with Gasteiger partial charge in [0, 0.05) is 19.1 Å². The third-order valence-electron chi connectivity index (χ3n) is 5.22. The molecule has 2 aromatic carbocycles. The van der Waals surface area contributed by atoms with Gasteiger partial charge in [-0.15, -0.1) is 0 Å². The number of nitrogens with zero attached hydrogens (tertiary/aromatic N) is 1. The number of rotatable bonds is 10. The van der Waals surface area contributed by atoms with Crippen molar-refractivity contribution in [2.24, 2.45) is 0 Å². The monoisotopic (exact) mass is 435 g/mol. The van der Waals surface area contributed by atoms with Crippen LogP contribution >= 0.6 is 0 Å². The molecule has 1 heterocycles. The molecule has 0 aliphatic carbocycles. The summed E-state index contributed by atoms with van der Waals surface area (Å²) < 4.78 is 40.2. The molecule has 0 aromatic heterocycles. The van der Waals surface area contributed by atoms with E-state index in [1.165, 1.54) is 0 Å². The molecular formula is C22H29NO6S. The van der Waals surface area contributed by atoms with Crippen LogP contribution in [-0.2, 0) is 16.4 Å². The molecule has 0 saturated carbocycles. The molecule has 1 N–H and O–H groups in total. The standard InChI is InChI=1S/C22H29NO6S/c1-27-20-9-7-17(8-10-20)13-23(18-11-12-30(25,26)16-18)14-19(24)15-29-22-6-4-3-5-21(22)28-2/h3-10,18-19,24H,11-16H2,1-2H3/t18-,19+/m1/s1. The number of benzene rings is 2. The fraction of sp³-hybridized carbons (Fsp3) is 0.455. The minimum atomic E-state index is -3.03. The second-order valence-electron chi connectivity index (χ2n) is 7.45. The zero-order chi connectivity index (χ0) is 21.6. The Balaban J connectivity index is 1.66. The fourth-order valence-corrected chi connectivity index (χ4v) is 5.38. The van der Waals surface area contributed by atoms with E-state index in [9.17, 15) is 13.5 Å². The largest absolute Gasteiger partial charge is 0.497 e. The molecule has 2 aromatic rings. The van der Waals surface area contributed by atoms with Crippen LogP contribution in [0.4, 0.5) is 0 Å². The molecule has 7 nitrogen and oxygen atoms in total. The van der Waals surface area contributed by atoms with Gasteiger partial charge in [-0.3, -0.25) is 4.90 Å². The van der Waals surface area contributed by atoms with Gasteiger partial charge in [-0.25, -0.2) is 8.42 Å². The van der Waals surface area contributed by atoms with Crippen molar-refractivity contribution < 1.29 is 27.7 Å². The Kier molecular flexibility index (Phi) is 7.58. The highest BCUT2D eigenvalue weighted by molar-refractivity contribution is 7.91. The second kappa shape index (κ2) is 10.1. The third-order valence-corrected chi connectivity index (χ3v) is 6.97. The summed E-state index contributed by atoms with van der Waals surface area (Å²) in [6.07, 6.45) is -0.213. The van der Waals surface area contributed by atoms with Gasteiger partial charge in [0.25, 0.3) is 0 Å². The molecule has 0 amide bonds. The molecule has 1 fully saturated rings. The highest BCUT2D eigenvalue weighted by Gasteiger charge is 2.33.